The van der Waals surface area contributed by atoms with E-state index in [0.29, 0.717) is 6.04 Å². The first-order valence-electron chi connectivity index (χ1n) is 7.97. The van der Waals surface area contributed by atoms with Crippen molar-refractivity contribution in [2.24, 2.45) is 0 Å². The molecular weight excluding hydrogens is 260 g/mol. The van der Waals surface area contributed by atoms with Crippen LogP contribution in [0, 0.1) is 0 Å². The SMILES string of the molecule is CC(C)NC1CCCN(c2ccc(C(C)(C)C)cc2)C1=O. The van der Waals surface area contributed by atoms with Crippen molar-refractivity contribution < 1.29 is 4.79 Å². The molecule has 1 heterocycles. The first-order valence-corrected chi connectivity index (χ1v) is 7.97. The Morgan fingerprint density at radius 1 is 1.19 bits per heavy atom. The highest BCUT2D eigenvalue weighted by Gasteiger charge is 2.29. The Kier molecular flexibility index (Phi) is 4.72. The Morgan fingerprint density at radius 3 is 2.33 bits per heavy atom. The van der Waals surface area contributed by atoms with Gasteiger partial charge in [-0.15, -0.1) is 0 Å². The van der Waals surface area contributed by atoms with Crippen LogP contribution in [0.15, 0.2) is 24.3 Å². The zero-order valence-corrected chi connectivity index (χ0v) is 13.9. The highest BCUT2D eigenvalue weighted by atomic mass is 16.2. The molecule has 1 unspecified atom stereocenters. The molecule has 116 valence electrons. The van der Waals surface area contributed by atoms with Gasteiger partial charge >= 0.3 is 0 Å². The molecule has 0 saturated carbocycles. The second-order valence-electron chi connectivity index (χ2n) is 7.30. The molecule has 21 heavy (non-hydrogen) atoms. The zero-order valence-electron chi connectivity index (χ0n) is 13.9. The van der Waals surface area contributed by atoms with Gasteiger partial charge in [0.1, 0.15) is 0 Å². The summed E-state index contributed by atoms with van der Waals surface area (Å²) in [4.78, 5) is 14.5. The number of hydrogen-bond acceptors (Lipinski definition) is 2. The van der Waals surface area contributed by atoms with Gasteiger partial charge in [0, 0.05) is 18.3 Å². The molecule has 1 aliphatic heterocycles. The standard InChI is InChI=1S/C18H28N2O/c1-13(2)19-16-7-6-12-20(17(16)21)15-10-8-14(9-11-15)18(3,4)5/h8-11,13,16,19H,6-7,12H2,1-5H3. The topological polar surface area (TPSA) is 32.3 Å². The lowest BCUT2D eigenvalue weighted by Crippen LogP contribution is -2.52. The van der Waals surface area contributed by atoms with Crippen LogP contribution in [0.25, 0.3) is 0 Å². The molecule has 1 N–H and O–H groups in total. The Hall–Kier alpha value is -1.35. The number of nitrogens with zero attached hydrogens (tertiary/aromatic N) is 1. The Bertz CT molecular complexity index is 485. The summed E-state index contributed by atoms with van der Waals surface area (Å²) >= 11 is 0. The highest BCUT2D eigenvalue weighted by molar-refractivity contribution is 5.97. The summed E-state index contributed by atoms with van der Waals surface area (Å²) in [6, 6.07) is 8.74. The summed E-state index contributed by atoms with van der Waals surface area (Å²) in [6.45, 7) is 11.6. The molecular formula is C18H28N2O. The van der Waals surface area contributed by atoms with E-state index in [1.807, 2.05) is 4.90 Å². The van der Waals surface area contributed by atoms with Crippen molar-refractivity contribution in [2.75, 3.05) is 11.4 Å². The Labute approximate surface area is 128 Å². The van der Waals surface area contributed by atoms with Crippen molar-refractivity contribution in [2.45, 2.75) is 65.0 Å². The summed E-state index contributed by atoms with van der Waals surface area (Å²) in [5.41, 5.74) is 2.46. The van der Waals surface area contributed by atoms with Gasteiger partial charge < -0.3 is 10.2 Å². The number of piperidine rings is 1. The molecule has 1 saturated heterocycles. The summed E-state index contributed by atoms with van der Waals surface area (Å²) in [7, 11) is 0. The number of carbonyl (C=O) groups excluding carboxylic acids is 1. The van der Waals surface area contributed by atoms with Crippen LogP contribution in [0.5, 0.6) is 0 Å². The maximum absolute atomic E-state index is 12.6. The second kappa shape index (κ2) is 6.18. The number of rotatable bonds is 3. The van der Waals surface area contributed by atoms with Gasteiger partial charge in [-0.3, -0.25) is 4.79 Å². The monoisotopic (exact) mass is 288 g/mol. The van der Waals surface area contributed by atoms with E-state index in [2.05, 4.69) is 64.2 Å². The quantitative estimate of drug-likeness (QED) is 0.923. The van der Waals surface area contributed by atoms with E-state index < -0.39 is 0 Å². The van der Waals surface area contributed by atoms with Crippen LogP contribution in [-0.4, -0.2) is 24.5 Å². The van der Waals surface area contributed by atoms with Gasteiger partial charge in [0.2, 0.25) is 5.91 Å². The first-order chi connectivity index (χ1) is 9.79. The van der Waals surface area contributed by atoms with E-state index in [0.717, 1.165) is 25.1 Å². The fourth-order valence-electron chi connectivity index (χ4n) is 2.83. The lowest BCUT2D eigenvalue weighted by Gasteiger charge is -2.34. The predicted molar refractivity (Wildman–Crippen MR) is 88.8 cm³/mol. The average Bonchev–Trinajstić information content (AvgIpc) is 2.40. The van der Waals surface area contributed by atoms with Crippen molar-refractivity contribution in [1.29, 1.82) is 0 Å². The van der Waals surface area contributed by atoms with Crippen LogP contribution in [-0.2, 0) is 10.2 Å². The summed E-state index contributed by atoms with van der Waals surface area (Å²) < 4.78 is 0. The maximum atomic E-state index is 12.6. The molecule has 0 aromatic heterocycles. The van der Waals surface area contributed by atoms with Gasteiger partial charge in [0.05, 0.1) is 6.04 Å². The molecule has 2 rings (SSSR count). The smallest absolute Gasteiger partial charge is 0.244 e. The first kappa shape index (κ1) is 16.0. The number of nitrogens with one attached hydrogen (secondary N) is 1. The summed E-state index contributed by atoms with van der Waals surface area (Å²) in [6.07, 6.45) is 1.99. The van der Waals surface area contributed by atoms with Crippen LogP contribution in [0.1, 0.15) is 53.0 Å². The highest BCUT2D eigenvalue weighted by Crippen LogP contribution is 2.26. The van der Waals surface area contributed by atoms with Gasteiger partial charge in [-0.05, 0) is 36.0 Å². The minimum absolute atomic E-state index is 0.0407. The number of amides is 1. The largest absolute Gasteiger partial charge is 0.311 e. The van der Waals surface area contributed by atoms with Gasteiger partial charge in [-0.25, -0.2) is 0 Å². The van der Waals surface area contributed by atoms with Crippen molar-refractivity contribution in [1.82, 2.24) is 5.32 Å². The predicted octanol–water partition coefficient (Wildman–Crippen LogP) is 3.48. The van der Waals surface area contributed by atoms with Gasteiger partial charge in [-0.2, -0.15) is 0 Å². The fraction of sp³-hybridized carbons (Fsp3) is 0.611. The van der Waals surface area contributed by atoms with Crippen molar-refractivity contribution in [3.63, 3.8) is 0 Å². The number of anilines is 1. The zero-order chi connectivity index (χ0) is 15.6. The van der Waals surface area contributed by atoms with Crippen LogP contribution < -0.4 is 10.2 Å². The van der Waals surface area contributed by atoms with Gasteiger partial charge in [0.15, 0.2) is 0 Å². The molecule has 1 atom stereocenters. The van der Waals surface area contributed by atoms with Crippen LogP contribution >= 0.6 is 0 Å². The number of hydrogen-bond donors (Lipinski definition) is 1. The summed E-state index contributed by atoms with van der Waals surface area (Å²) in [5, 5.41) is 3.38. The Morgan fingerprint density at radius 2 is 1.81 bits per heavy atom. The molecule has 1 amide bonds. The third-order valence-corrected chi connectivity index (χ3v) is 4.02. The molecule has 3 nitrogen and oxygen atoms in total. The molecule has 0 spiro atoms. The second-order valence-corrected chi connectivity index (χ2v) is 7.30. The molecule has 1 aromatic carbocycles. The van der Waals surface area contributed by atoms with E-state index in [-0.39, 0.29) is 17.4 Å². The average molecular weight is 288 g/mol. The van der Waals surface area contributed by atoms with Crippen LogP contribution in [0.3, 0.4) is 0 Å². The molecule has 0 radical (unpaired) electrons. The van der Waals surface area contributed by atoms with Crippen molar-refractivity contribution in [3.8, 4) is 0 Å². The number of carbonyl (C=O) groups is 1. The lowest BCUT2D eigenvalue weighted by molar-refractivity contribution is -0.121. The number of benzene rings is 1. The summed E-state index contributed by atoms with van der Waals surface area (Å²) in [5.74, 6) is 0.207. The van der Waals surface area contributed by atoms with E-state index in [9.17, 15) is 4.79 Å². The third-order valence-electron chi connectivity index (χ3n) is 4.02. The Balaban J connectivity index is 2.15. The molecule has 1 fully saturated rings. The fourth-order valence-corrected chi connectivity index (χ4v) is 2.83. The van der Waals surface area contributed by atoms with Gasteiger partial charge in [0.25, 0.3) is 0 Å². The normalized spacial score (nSPS) is 20.2. The molecule has 3 heteroatoms. The van der Waals surface area contributed by atoms with E-state index in [1.54, 1.807) is 0 Å². The maximum Gasteiger partial charge on any atom is 0.244 e. The van der Waals surface area contributed by atoms with Gasteiger partial charge in [-0.1, -0.05) is 46.8 Å². The lowest BCUT2D eigenvalue weighted by atomic mass is 9.87. The van der Waals surface area contributed by atoms with E-state index >= 15 is 0 Å². The van der Waals surface area contributed by atoms with Crippen molar-refractivity contribution >= 4 is 11.6 Å². The van der Waals surface area contributed by atoms with Crippen molar-refractivity contribution in [3.05, 3.63) is 29.8 Å². The minimum Gasteiger partial charge on any atom is -0.311 e. The van der Waals surface area contributed by atoms with E-state index in [1.165, 1.54) is 5.56 Å². The molecule has 0 aliphatic carbocycles. The minimum atomic E-state index is -0.0407. The molecule has 0 bridgehead atoms. The van der Waals surface area contributed by atoms with Crippen LogP contribution in [0.4, 0.5) is 5.69 Å². The molecule has 1 aliphatic rings. The van der Waals surface area contributed by atoms with Crippen LogP contribution in [0.2, 0.25) is 0 Å². The third kappa shape index (κ3) is 3.85. The molecule has 1 aromatic rings. The van der Waals surface area contributed by atoms with E-state index in [4.69, 9.17) is 0 Å².